The lowest BCUT2D eigenvalue weighted by Gasteiger charge is -2.24. The van der Waals surface area contributed by atoms with E-state index in [1.54, 1.807) is 12.1 Å². The molecular weight excluding hydrogens is 276 g/mol. The maximum atomic E-state index is 9.79. The lowest BCUT2D eigenvalue weighted by atomic mass is 9.85. The van der Waals surface area contributed by atoms with Crippen molar-refractivity contribution in [1.82, 2.24) is 0 Å². The number of phenols is 2. The molecule has 118 valence electrons. The van der Waals surface area contributed by atoms with Crippen molar-refractivity contribution in [3.05, 3.63) is 42.0 Å². The summed E-state index contributed by atoms with van der Waals surface area (Å²) in [6.07, 6.45) is 0. The van der Waals surface area contributed by atoms with E-state index in [0.29, 0.717) is 0 Å². The molecule has 3 N–H and O–H groups in total. The summed E-state index contributed by atoms with van der Waals surface area (Å²) in [7, 11) is 4.00. The maximum absolute atomic E-state index is 9.79. The van der Waals surface area contributed by atoms with Crippen LogP contribution in [0.2, 0.25) is 0 Å². The van der Waals surface area contributed by atoms with Gasteiger partial charge in [-0.05, 0) is 41.3 Å². The van der Waals surface area contributed by atoms with E-state index in [2.05, 4.69) is 26.1 Å². The molecule has 4 heteroatoms. The molecule has 0 spiro atoms. The zero-order valence-electron chi connectivity index (χ0n) is 13.8. The van der Waals surface area contributed by atoms with Crippen molar-refractivity contribution >= 4 is 17.1 Å². The molecule has 0 saturated heterocycles. The lowest BCUT2D eigenvalue weighted by Crippen LogP contribution is -2.13. The summed E-state index contributed by atoms with van der Waals surface area (Å²) in [5.74, 6) is -0.223. The van der Waals surface area contributed by atoms with Crippen LogP contribution in [0.3, 0.4) is 0 Å². The van der Waals surface area contributed by atoms with Crippen molar-refractivity contribution in [2.75, 3.05) is 24.3 Å². The summed E-state index contributed by atoms with van der Waals surface area (Å²) in [4.78, 5) is 2.04. The third-order valence-corrected chi connectivity index (χ3v) is 3.59. The molecule has 0 aliphatic heterocycles. The van der Waals surface area contributed by atoms with Gasteiger partial charge in [-0.25, -0.2) is 0 Å². The van der Waals surface area contributed by atoms with Crippen LogP contribution in [0.5, 0.6) is 11.5 Å². The Morgan fingerprint density at radius 1 is 0.909 bits per heavy atom. The Labute approximate surface area is 132 Å². The minimum absolute atomic E-state index is 0.0987. The summed E-state index contributed by atoms with van der Waals surface area (Å²) < 4.78 is 0. The Kier molecular flexibility index (Phi) is 4.22. The van der Waals surface area contributed by atoms with E-state index >= 15 is 0 Å². The first-order valence-corrected chi connectivity index (χ1v) is 7.29. The number of rotatable bonds is 3. The van der Waals surface area contributed by atoms with Gasteiger partial charge in [-0.1, -0.05) is 20.8 Å². The number of nitrogens with zero attached hydrogens (tertiary/aromatic N) is 1. The van der Waals surface area contributed by atoms with E-state index < -0.39 is 0 Å². The largest absolute Gasteiger partial charge is 0.504 e. The highest BCUT2D eigenvalue weighted by atomic mass is 16.3. The first-order chi connectivity index (χ1) is 10.2. The van der Waals surface area contributed by atoms with Crippen LogP contribution < -0.4 is 10.2 Å². The molecule has 0 saturated carbocycles. The molecule has 2 rings (SSSR count). The van der Waals surface area contributed by atoms with E-state index in [4.69, 9.17) is 0 Å². The summed E-state index contributed by atoms with van der Waals surface area (Å²) in [5, 5.41) is 22.9. The predicted octanol–water partition coefficient (Wildman–Crippen LogP) is 4.20. The highest BCUT2D eigenvalue weighted by Gasteiger charge is 2.20. The van der Waals surface area contributed by atoms with E-state index in [0.717, 1.165) is 22.6 Å². The van der Waals surface area contributed by atoms with Crippen molar-refractivity contribution in [1.29, 1.82) is 0 Å². The summed E-state index contributed by atoms with van der Waals surface area (Å²) in [6, 6.07) is 11.2. The van der Waals surface area contributed by atoms with Crippen LogP contribution >= 0.6 is 0 Å². The molecule has 0 bridgehead atoms. The number of benzene rings is 2. The van der Waals surface area contributed by atoms with Crippen molar-refractivity contribution < 1.29 is 10.2 Å². The topological polar surface area (TPSA) is 55.7 Å². The second kappa shape index (κ2) is 5.79. The molecule has 0 fully saturated rings. The van der Waals surface area contributed by atoms with E-state index in [9.17, 15) is 10.2 Å². The normalized spacial score (nSPS) is 11.3. The average Bonchev–Trinajstić information content (AvgIpc) is 2.42. The number of hydrogen-bond acceptors (Lipinski definition) is 4. The second-order valence-electron chi connectivity index (χ2n) is 6.70. The van der Waals surface area contributed by atoms with E-state index in [-0.39, 0.29) is 16.9 Å². The highest BCUT2D eigenvalue weighted by Crippen LogP contribution is 2.39. The molecule has 4 nitrogen and oxygen atoms in total. The van der Waals surface area contributed by atoms with E-state index in [1.807, 2.05) is 43.3 Å². The number of hydrogen-bond donors (Lipinski definition) is 3. The van der Waals surface area contributed by atoms with Crippen LogP contribution in [0, 0.1) is 0 Å². The number of anilines is 3. The molecule has 2 aromatic carbocycles. The molecule has 2 aromatic rings. The van der Waals surface area contributed by atoms with Gasteiger partial charge in [0, 0.05) is 37.2 Å². The Bertz CT molecular complexity index is 656. The van der Waals surface area contributed by atoms with Gasteiger partial charge in [0.05, 0.1) is 0 Å². The van der Waals surface area contributed by atoms with Gasteiger partial charge in [0.2, 0.25) is 0 Å². The third-order valence-electron chi connectivity index (χ3n) is 3.59. The molecule has 0 unspecified atom stereocenters. The molecule has 0 aliphatic carbocycles. The number of phenolic OH excluding ortho intramolecular Hbond substituents is 2. The fraction of sp³-hybridized carbons (Fsp3) is 0.333. The SMILES string of the molecule is CN(C)c1ccc(Nc2cc(O)c(O)cc2C(C)(C)C)cc1. The molecule has 0 aliphatic rings. The van der Waals surface area contributed by atoms with E-state index in [1.165, 1.54) is 0 Å². The van der Waals surface area contributed by atoms with Crippen molar-refractivity contribution in [2.24, 2.45) is 0 Å². The Morgan fingerprint density at radius 2 is 1.45 bits per heavy atom. The fourth-order valence-corrected chi connectivity index (χ4v) is 2.30. The molecule has 0 radical (unpaired) electrons. The van der Waals surface area contributed by atoms with Crippen LogP contribution in [-0.2, 0) is 5.41 Å². The number of aromatic hydroxyl groups is 2. The quantitative estimate of drug-likeness (QED) is 0.587. The molecule has 0 heterocycles. The van der Waals surface area contributed by atoms with Crippen molar-refractivity contribution in [3.63, 3.8) is 0 Å². The Balaban J connectivity index is 2.38. The van der Waals surface area contributed by atoms with Gasteiger partial charge in [0.25, 0.3) is 0 Å². The minimum atomic E-state index is -0.156. The van der Waals surface area contributed by atoms with Gasteiger partial charge in [-0.15, -0.1) is 0 Å². The molecule has 0 atom stereocenters. The molecule has 0 amide bonds. The Hall–Kier alpha value is -2.36. The minimum Gasteiger partial charge on any atom is -0.504 e. The molecule has 0 aromatic heterocycles. The van der Waals surface area contributed by atoms with Crippen LogP contribution in [0.4, 0.5) is 17.1 Å². The predicted molar refractivity (Wildman–Crippen MR) is 92.5 cm³/mol. The van der Waals surface area contributed by atoms with Crippen LogP contribution in [0.15, 0.2) is 36.4 Å². The van der Waals surface area contributed by atoms with Gasteiger partial charge in [-0.2, -0.15) is 0 Å². The smallest absolute Gasteiger partial charge is 0.159 e. The number of nitrogens with one attached hydrogen (secondary N) is 1. The van der Waals surface area contributed by atoms with Crippen molar-refractivity contribution in [2.45, 2.75) is 26.2 Å². The van der Waals surface area contributed by atoms with Gasteiger partial charge >= 0.3 is 0 Å². The average molecular weight is 300 g/mol. The summed E-state index contributed by atoms with van der Waals surface area (Å²) >= 11 is 0. The van der Waals surface area contributed by atoms with Crippen LogP contribution in [0.25, 0.3) is 0 Å². The molecule has 22 heavy (non-hydrogen) atoms. The van der Waals surface area contributed by atoms with Gasteiger partial charge in [0.15, 0.2) is 11.5 Å². The van der Waals surface area contributed by atoms with Gasteiger partial charge in [0.1, 0.15) is 0 Å². The molecular formula is C18H24N2O2. The summed E-state index contributed by atoms with van der Waals surface area (Å²) in [5.41, 5.74) is 3.63. The van der Waals surface area contributed by atoms with Gasteiger partial charge in [-0.3, -0.25) is 0 Å². The first-order valence-electron chi connectivity index (χ1n) is 7.29. The standard InChI is InChI=1S/C18H24N2O2/c1-18(2,3)14-10-16(21)17(22)11-15(14)19-12-6-8-13(9-7-12)20(4)5/h6-11,19,21-22H,1-5H3. The second-order valence-corrected chi connectivity index (χ2v) is 6.70. The first kappa shape index (κ1) is 16.0. The zero-order valence-corrected chi connectivity index (χ0v) is 13.8. The maximum Gasteiger partial charge on any atom is 0.159 e. The van der Waals surface area contributed by atoms with Crippen molar-refractivity contribution in [3.8, 4) is 11.5 Å². The third kappa shape index (κ3) is 3.45. The van der Waals surface area contributed by atoms with Crippen LogP contribution in [0.1, 0.15) is 26.3 Å². The Morgan fingerprint density at radius 3 is 1.95 bits per heavy atom. The van der Waals surface area contributed by atoms with Crippen LogP contribution in [-0.4, -0.2) is 24.3 Å². The summed E-state index contributed by atoms with van der Waals surface area (Å²) in [6.45, 7) is 6.21. The fourth-order valence-electron chi connectivity index (χ4n) is 2.30. The monoisotopic (exact) mass is 300 g/mol. The lowest BCUT2D eigenvalue weighted by molar-refractivity contribution is 0.402. The van der Waals surface area contributed by atoms with Gasteiger partial charge < -0.3 is 20.4 Å². The zero-order chi connectivity index (χ0) is 16.5. The highest BCUT2D eigenvalue weighted by molar-refractivity contribution is 5.69.